The fraction of sp³-hybridized carbons (Fsp3) is 0.444. The highest BCUT2D eigenvalue weighted by Gasteiger charge is 2.28. The summed E-state index contributed by atoms with van der Waals surface area (Å²) in [6, 6.07) is 11.2. The van der Waals surface area contributed by atoms with Gasteiger partial charge in [0.15, 0.2) is 0 Å². The molecule has 1 amide bonds. The van der Waals surface area contributed by atoms with Crippen molar-refractivity contribution in [2.45, 2.75) is 64.0 Å². The highest BCUT2D eigenvalue weighted by molar-refractivity contribution is 6.34. The van der Waals surface area contributed by atoms with E-state index >= 15 is 0 Å². The van der Waals surface area contributed by atoms with E-state index in [1.54, 1.807) is 23.1 Å². The van der Waals surface area contributed by atoms with Crippen molar-refractivity contribution in [2.24, 2.45) is 5.92 Å². The number of rotatable bonds is 7. The van der Waals surface area contributed by atoms with Gasteiger partial charge in [-0.15, -0.1) is 0 Å². The molecule has 0 saturated heterocycles. The maximum absolute atomic E-state index is 12.7. The lowest BCUT2D eigenvalue weighted by Gasteiger charge is -2.32. The number of nitrogens with zero attached hydrogens (tertiary/aromatic N) is 1. The molecule has 35 heavy (non-hydrogen) atoms. The van der Waals surface area contributed by atoms with Crippen molar-refractivity contribution < 1.29 is 24.2 Å². The molecular formula is C27H29Cl2NO5. The summed E-state index contributed by atoms with van der Waals surface area (Å²) in [4.78, 5) is 37.9. The summed E-state index contributed by atoms with van der Waals surface area (Å²) in [6.07, 6.45) is 4.03. The second-order valence-corrected chi connectivity index (χ2v) is 10.4. The summed E-state index contributed by atoms with van der Waals surface area (Å²) < 4.78 is 5.72. The van der Waals surface area contributed by atoms with Crippen molar-refractivity contribution in [3.05, 3.63) is 68.7 Å². The number of carbonyl (C=O) groups excluding carboxylic acids is 2. The second kappa shape index (κ2) is 11.4. The summed E-state index contributed by atoms with van der Waals surface area (Å²) >= 11 is 12.1. The Morgan fingerprint density at radius 1 is 0.914 bits per heavy atom. The van der Waals surface area contributed by atoms with Gasteiger partial charge in [-0.1, -0.05) is 41.4 Å². The number of halogens is 2. The van der Waals surface area contributed by atoms with Crippen LogP contribution in [0, 0.1) is 5.92 Å². The molecule has 6 nitrogen and oxygen atoms in total. The number of fused-ring (bicyclic) bond motifs is 1. The van der Waals surface area contributed by atoms with Crippen molar-refractivity contribution in [1.82, 2.24) is 4.90 Å². The van der Waals surface area contributed by atoms with Gasteiger partial charge in [-0.2, -0.15) is 0 Å². The minimum atomic E-state index is -0.768. The van der Waals surface area contributed by atoms with Gasteiger partial charge in [0.05, 0.1) is 0 Å². The summed E-state index contributed by atoms with van der Waals surface area (Å²) in [6.45, 7) is 1.05. The standard InChI is InChI=1S/C27H29Cl2NO5/c28-22-10-19(11-23(29)15-22)13-24(31)12-18-1-4-21-16-30(8-7-20(21)9-18)27(34)35-25-5-2-17(3-6-25)14-26(32)33/h1,4,9-11,15,17,25H,2-3,5-8,12-14,16H2,(H,32,33). The van der Waals surface area contributed by atoms with E-state index in [1.807, 2.05) is 12.1 Å². The average molecular weight is 518 g/mol. The van der Waals surface area contributed by atoms with E-state index in [0.29, 0.717) is 48.8 Å². The Kier molecular flexibility index (Phi) is 8.34. The van der Waals surface area contributed by atoms with Crippen molar-refractivity contribution >= 4 is 41.0 Å². The second-order valence-electron chi connectivity index (χ2n) is 9.57. The lowest BCUT2D eigenvalue weighted by molar-refractivity contribution is -0.138. The SMILES string of the molecule is O=C(O)CC1CCC(OC(=O)N2CCc3cc(CC(=O)Cc4cc(Cl)cc(Cl)c4)ccc3C2)CC1. The predicted octanol–water partition coefficient (Wildman–Crippen LogP) is 5.88. The monoisotopic (exact) mass is 517 g/mol. The molecule has 0 bridgehead atoms. The molecule has 0 aromatic heterocycles. The fourth-order valence-corrected chi connectivity index (χ4v) is 5.59. The van der Waals surface area contributed by atoms with Crippen LogP contribution >= 0.6 is 23.2 Å². The molecule has 0 unspecified atom stereocenters. The van der Waals surface area contributed by atoms with Crippen LogP contribution in [0.5, 0.6) is 0 Å². The number of Topliss-reactive ketones (excluding diaryl/α,β-unsaturated/α-hetero) is 1. The maximum atomic E-state index is 12.7. The van der Waals surface area contributed by atoms with Gasteiger partial charge < -0.3 is 14.7 Å². The minimum absolute atomic E-state index is 0.0855. The first-order valence-corrected chi connectivity index (χ1v) is 12.8. The number of ketones is 1. The quantitative estimate of drug-likeness (QED) is 0.495. The van der Waals surface area contributed by atoms with Crippen molar-refractivity contribution in [2.75, 3.05) is 6.54 Å². The Bertz CT molecular complexity index is 1090. The first kappa shape index (κ1) is 25.5. The molecule has 1 aliphatic heterocycles. The van der Waals surface area contributed by atoms with Crippen LogP contribution in [0.25, 0.3) is 0 Å². The summed E-state index contributed by atoms with van der Waals surface area (Å²) in [5.41, 5.74) is 3.97. The molecule has 2 aliphatic rings. The third-order valence-corrected chi connectivity index (χ3v) is 7.23. The molecular weight excluding hydrogens is 489 g/mol. The van der Waals surface area contributed by atoms with E-state index in [9.17, 15) is 14.4 Å². The minimum Gasteiger partial charge on any atom is -0.481 e. The molecule has 8 heteroatoms. The largest absolute Gasteiger partial charge is 0.481 e. The number of hydrogen-bond acceptors (Lipinski definition) is 4. The predicted molar refractivity (Wildman–Crippen MR) is 134 cm³/mol. The normalized spacial score (nSPS) is 19.7. The molecule has 0 atom stereocenters. The van der Waals surface area contributed by atoms with E-state index in [1.165, 1.54) is 0 Å². The highest BCUT2D eigenvalue weighted by Crippen LogP contribution is 2.30. The lowest BCUT2D eigenvalue weighted by Crippen LogP contribution is -2.39. The number of carboxylic acid groups (broad SMARTS) is 1. The molecule has 1 heterocycles. The molecule has 1 fully saturated rings. The lowest BCUT2D eigenvalue weighted by atomic mass is 9.85. The smallest absolute Gasteiger partial charge is 0.410 e. The van der Waals surface area contributed by atoms with Crippen molar-refractivity contribution in [1.29, 1.82) is 0 Å². The van der Waals surface area contributed by atoms with Crippen LogP contribution in [-0.2, 0) is 40.1 Å². The van der Waals surface area contributed by atoms with Crippen molar-refractivity contribution in [3.63, 3.8) is 0 Å². The summed E-state index contributed by atoms with van der Waals surface area (Å²) in [5.74, 6) is -0.507. The molecule has 1 saturated carbocycles. The van der Waals surface area contributed by atoms with Crippen LogP contribution in [0.1, 0.15) is 54.4 Å². The maximum Gasteiger partial charge on any atom is 0.410 e. The molecule has 2 aromatic rings. The van der Waals surface area contributed by atoms with Crippen LogP contribution < -0.4 is 0 Å². The van der Waals surface area contributed by atoms with E-state index in [2.05, 4.69) is 6.07 Å². The first-order valence-electron chi connectivity index (χ1n) is 12.0. The van der Waals surface area contributed by atoms with Gasteiger partial charge in [-0.05, 0) is 78.5 Å². The number of amides is 1. The Hall–Kier alpha value is -2.57. The molecule has 0 spiro atoms. The van der Waals surface area contributed by atoms with Gasteiger partial charge >= 0.3 is 12.1 Å². The summed E-state index contributed by atoms with van der Waals surface area (Å²) in [5, 5.41) is 9.98. The zero-order valence-electron chi connectivity index (χ0n) is 19.5. The van der Waals surface area contributed by atoms with Gasteiger partial charge in [-0.25, -0.2) is 4.79 Å². The molecule has 1 aliphatic carbocycles. The van der Waals surface area contributed by atoms with E-state index in [-0.39, 0.29) is 36.7 Å². The van der Waals surface area contributed by atoms with Crippen LogP contribution in [0.2, 0.25) is 10.0 Å². The Morgan fingerprint density at radius 2 is 1.60 bits per heavy atom. The number of hydrogen-bond donors (Lipinski definition) is 1. The number of aliphatic carboxylic acids is 1. The van der Waals surface area contributed by atoms with Crippen LogP contribution in [0.4, 0.5) is 4.79 Å². The zero-order valence-corrected chi connectivity index (χ0v) is 21.0. The first-order chi connectivity index (χ1) is 16.7. The van der Waals surface area contributed by atoms with Gasteiger partial charge in [0.1, 0.15) is 11.9 Å². The number of ether oxygens (including phenoxy) is 1. The fourth-order valence-electron chi connectivity index (χ4n) is 5.02. The van der Waals surface area contributed by atoms with Crippen LogP contribution in [0.3, 0.4) is 0 Å². The van der Waals surface area contributed by atoms with Crippen molar-refractivity contribution in [3.8, 4) is 0 Å². The van der Waals surface area contributed by atoms with Crippen LogP contribution in [0.15, 0.2) is 36.4 Å². The number of carboxylic acids is 1. The third kappa shape index (κ3) is 7.21. The van der Waals surface area contributed by atoms with E-state index < -0.39 is 5.97 Å². The molecule has 1 N–H and O–H groups in total. The van der Waals surface area contributed by atoms with Gasteiger partial charge in [0, 0.05) is 42.4 Å². The highest BCUT2D eigenvalue weighted by atomic mass is 35.5. The topological polar surface area (TPSA) is 83.9 Å². The molecule has 0 radical (unpaired) electrons. The Labute approximate surface area is 215 Å². The zero-order chi connectivity index (χ0) is 24.9. The van der Waals surface area contributed by atoms with Gasteiger partial charge in [-0.3, -0.25) is 9.59 Å². The van der Waals surface area contributed by atoms with Crippen LogP contribution in [-0.4, -0.2) is 40.5 Å². The Balaban J connectivity index is 1.28. The number of benzene rings is 2. The number of carbonyl (C=O) groups is 3. The average Bonchev–Trinajstić information content (AvgIpc) is 2.79. The Morgan fingerprint density at radius 3 is 2.29 bits per heavy atom. The molecule has 2 aromatic carbocycles. The van der Waals surface area contributed by atoms with Gasteiger partial charge in [0.25, 0.3) is 0 Å². The van der Waals surface area contributed by atoms with Gasteiger partial charge in [0.2, 0.25) is 0 Å². The third-order valence-electron chi connectivity index (χ3n) is 6.79. The summed E-state index contributed by atoms with van der Waals surface area (Å²) in [7, 11) is 0. The van der Waals surface area contributed by atoms with E-state index in [4.69, 9.17) is 33.0 Å². The van der Waals surface area contributed by atoms with E-state index in [0.717, 1.165) is 35.1 Å². The molecule has 4 rings (SSSR count). The molecule has 186 valence electrons.